The lowest BCUT2D eigenvalue weighted by Crippen LogP contribution is -2.13. The molecule has 0 radical (unpaired) electrons. The highest BCUT2D eigenvalue weighted by Crippen LogP contribution is 2.32. The van der Waals surface area contributed by atoms with Crippen molar-refractivity contribution in [3.05, 3.63) is 35.4 Å². The highest BCUT2D eigenvalue weighted by Gasteiger charge is 2.19. The van der Waals surface area contributed by atoms with Gasteiger partial charge in [-0.05, 0) is 50.2 Å². The van der Waals surface area contributed by atoms with Gasteiger partial charge in [0.25, 0.3) is 0 Å². The van der Waals surface area contributed by atoms with Crippen LogP contribution in [0.4, 0.5) is 0 Å². The molecule has 0 saturated heterocycles. The van der Waals surface area contributed by atoms with Crippen LogP contribution in [0.1, 0.15) is 62.7 Å². The monoisotopic (exact) mass is 290 g/mol. The molecule has 1 aliphatic carbocycles. The van der Waals surface area contributed by atoms with E-state index in [1.54, 1.807) is 0 Å². The van der Waals surface area contributed by atoms with Crippen molar-refractivity contribution in [3.8, 4) is 0 Å². The predicted molar refractivity (Wildman–Crippen MR) is 83.2 cm³/mol. The van der Waals surface area contributed by atoms with E-state index in [9.17, 15) is 4.79 Å². The zero-order valence-electron chi connectivity index (χ0n) is 13.0. The molecule has 2 rings (SSSR count). The van der Waals surface area contributed by atoms with Gasteiger partial charge in [-0.3, -0.25) is 4.79 Å². The highest BCUT2D eigenvalue weighted by atomic mass is 16.5. The van der Waals surface area contributed by atoms with Crippen molar-refractivity contribution in [2.75, 3.05) is 13.2 Å². The minimum absolute atomic E-state index is 0.0837. The minimum Gasteiger partial charge on any atom is -0.466 e. The van der Waals surface area contributed by atoms with Gasteiger partial charge in [0.2, 0.25) is 0 Å². The number of hydrogen-bond acceptors (Lipinski definition) is 3. The Morgan fingerprint density at radius 3 is 2.95 bits per heavy atom. The van der Waals surface area contributed by atoms with Crippen LogP contribution in [-0.4, -0.2) is 19.2 Å². The van der Waals surface area contributed by atoms with Gasteiger partial charge >= 0.3 is 5.97 Å². The fourth-order valence-corrected chi connectivity index (χ4v) is 2.89. The lowest BCUT2D eigenvalue weighted by molar-refractivity contribution is -0.143. The standard InChI is InChI=1S/C18H26O3/c1-2-20-18(19)13-4-3-7-14-21-17-12-8-10-15-9-5-6-11-16(15)17/h5-6,9,11,17H,2-4,7-8,10,12-14H2,1H3. The van der Waals surface area contributed by atoms with Gasteiger partial charge in [0, 0.05) is 13.0 Å². The molecule has 0 spiro atoms. The van der Waals surface area contributed by atoms with Crippen LogP contribution < -0.4 is 0 Å². The summed E-state index contributed by atoms with van der Waals surface area (Å²) in [5.41, 5.74) is 2.81. The molecule has 0 amide bonds. The Morgan fingerprint density at radius 2 is 2.10 bits per heavy atom. The Balaban J connectivity index is 1.63. The first kappa shape index (κ1) is 16.0. The number of rotatable bonds is 8. The van der Waals surface area contributed by atoms with Gasteiger partial charge < -0.3 is 9.47 Å². The van der Waals surface area contributed by atoms with Gasteiger partial charge in [-0.25, -0.2) is 0 Å². The molecule has 3 heteroatoms. The fraction of sp³-hybridized carbons (Fsp3) is 0.611. The summed E-state index contributed by atoms with van der Waals surface area (Å²) in [6, 6.07) is 8.61. The van der Waals surface area contributed by atoms with E-state index in [1.807, 2.05) is 6.92 Å². The van der Waals surface area contributed by atoms with Crippen molar-refractivity contribution in [2.24, 2.45) is 0 Å². The minimum atomic E-state index is -0.0837. The smallest absolute Gasteiger partial charge is 0.305 e. The third kappa shape index (κ3) is 5.16. The SMILES string of the molecule is CCOC(=O)CCCCCOC1CCCc2ccccc21. The number of esters is 1. The average molecular weight is 290 g/mol. The van der Waals surface area contributed by atoms with Gasteiger partial charge in [-0.2, -0.15) is 0 Å². The first-order valence-corrected chi connectivity index (χ1v) is 8.16. The molecule has 1 aromatic rings. The normalized spacial score (nSPS) is 17.3. The molecule has 1 aliphatic rings. The molecule has 21 heavy (non-hydrogen) atoms. The van der Waals surface area contributed by atoms with Crippen LogP contribution in [0.2, 0.25) is 0 Å². The molecule has 3 nitrogen and oxygen atoms in total. The first-order chi connectivity index (χ1) is 10.3. The van der Waals surface area contributed by atoms with Crippen molar-refractivity contribution in [3.63, 3.8) is 0 Å². The van der Waals surface area contributed by atoms with Gasteiger partial charge in [-0.1, -0.05) is 30.7 Å². The molecule has 0 N–H and O–H groups in total. The maximum Gasteiger partial charge on any atom is 0.305 e. The number of hydrogen-bond donors (Lipinski definition) is 0. The summed E-state index contributed by atoms with van der Waals surface area (Å²) in [5.74, 6) is -0.0837. The number of aryl methyl sites for hydroxylation is 1. The summed E-state index contributed by atoms with van der Waals surface area (Å²) in [6.45, 7) is 3.10. The fourth-order valence-electron chi connectivity index (χ4n) is 2.89. The van der Waals surface area contributed by atoms with Gasteiger partial charge in [0.05, 0.1) is 12.7 Å². The van der Waals surface area contributed by atoms with Crippen molar-refractivity contribution < 1.29 is 14.3 Å². The Hall–Kier alpha value is -1.35. The van der Waals surface area contributed by atoms with Crippen LogP contribution in [0.15, 0.2) is 24.3 Å². The van der Waals surface area contributed by atoms with E-state index in [4.69, 9.17) is 9.47 Å². The second-order valence-electron chi connectivity index (χ2n) is 5.57. The van der Waals surface area contributed by atoms with Crippen molar-refractivity contribution in [1.82, 2.24) is 0 Å². The molecule has 0 aliphatic heterocycles. The molecule has 1 atom stereocenters. The van der Waals surface area contributed by atoms with E-state index in [1.165, 1.54) is 24.0 Å². The van der Waals surface area contributed by atoms with Crippen LogP contribution >= 0.6 is 0 Å². The molecule has 0 saturated carbocycles. The lowest BCUT2D eigenvalue weighted by Gasteiger charge is -2.25. The van der Waals surface area contributed by atoms with Gasteiger partial charge in [-0.15, -0.1) is 0 Å². The van der Waals surface area contributed by atoms with Crippen LogP contribution in [-0.2, 0) is 20.7 Å². The van der Waals surface area contributed by atoms with Crippen molar-refractivity contribution >= 4 is 5.97 Å². The van der Waals surface area contributed by atoms with Crippen molar-refractivity contribution in [2.45, 2.75) is 58.0 Å². The summed E-state index contributed by atoms with van der Waals surface area (Å²) in [4.78, 5) is 11.2. The highest BCUT2D eigenvalue weighted by molar-refractivity contribution is 5.69. The summed E-state index contributed by atoms with van der Waals surface area (Å²) in [5, 5.41) is 0. The number of unbranched alkanes of at least 4 members (excludes halogenated alkanes) is 2. The maximum atomic E-state index is 11.2. The zero-order valence-corrected chi connectivity index (χ0v) is 13.0. The van der Waals surface area contributed by atoms with Crippen molar-refractivity contribution in [1.29, 1.82) is 0 Å². The van der Waals surface area contributed by atoms with Crippen LogP contribution in [0.5, 0.6) is 0 Å². The lowest BCUT2D eigenvalue weighted by atomic mass is 9.89. The number of benzene rings is 1. The van der Waals surface area contributed by atoms with Gasteiger partial charge in [0.1, 0.15) is 0 Å². The molecular weight excluding hydrogens is 264 g/mol. The number of ether oxygens (including phenoxy) is 2. The van der Waals surface area contributed by atoms with E-state index < -0.39 is 0 Å². The maximum absolute atomic E-state index is 11.2. The first-order valence-electron chi connectivity index (χ1n) is 8.16. The van der Waals surface area contributed by atoms with Crippen LogP contribution in [0.25, 0.3) is 0 Å². The average Bonchev–Trinajstić information content (AvgIpc) is 2.51. The second kappa shape index (κ2) is 8.83. The Kier molecular flexibility index (Phi) is 6.74. The Labute approximate surface area is 127 Å². The van der Waals surface area contributed by atoms with Gasteiger partial charge in [0.15, 0.2) is 0 Å². The third-order valence-corrected chi connectivity index (χ3v) is 3.96. The molecule has 0 aromatic heterocycles. The van der Waals surface area contributed by atoms with E-state index in [0.717, 1.165) is 32.3 Å². The summed E-state index contributed by atoms with van der Waals surface area (Å²) in [6.07, 6.45) is 7.23. The number of carbonyl (C=O) groups is 1. The molecule has 0 heterocycles. The molecule has 1 unspecified atom stereocenters. The van der Waals surface area contributed by atoms with E-state index in [2.05, 4.69) is 24.3 Å². The van der Waals surface area contributed by atoms with E-state index in [0.29, 0.717) is 13.0 Å². The molecule has 116 valence electrons. The summed E-state index contributed by atoms with van der Waals surface area (Å²) < 4.78 is 11.0. The third-order valence-electron chi connectivity index (χ3n) is 3.96. The summed E-state index contributed by atoms with van der Waals surface area (Å²) in [7, 11) is 0. The molecule has 0 fully saturated rings. The van der Waals surface area contributed by atoms with E-state index >= 15 is 0 Å². The molecule has 1 aromatic carbocycles. The largest absolute Gasteiger partial charge is 0.466 e. The number of carbonyl (C=O) groups excluding carboxylic acids is 1. The Bertz CT molecular complexity index is 442. The quantitative estimate of drug-likeness (QED) is 0.531. The second-order valence-corrected chi connectivity index (χ2v) is 5.57. The van der Waals surface area contributed by atoms with Crippen LogP contribution in [0, 0.1) is 0 Å². The summed E-state index contributed by atoms with van der Waals surface area (Å²) >= 11 is 0. The Morgan fingerprint density at radius 1 is 1.24 bits per heavy atom. The molecular formula is C18H26O3. The topological polar surface area (TPSA) is 35.5 Å². The number of fused-ring (bicyclic) bond motifs is 1. The van der Waals surface area contributed by atoms with E-state index in [-0.39, 0.29) is 12.1 Å². The zero-order chi connectivity index (χ0) is 14.9. The molecule has 0 bridgehead atoms. The van der Waals surface area contributed by atoms with Crippen LogP contribution in [0.3, 0.4) is 0 Å². The predicted octanol–water partition coefficient (Wildman–Crippen LogP) is 4.20.